The summed E-state index contributed by atoms with van der Waals surface area (Å²) >= 11 is 14.6. The van der Waals surface area contributed by atoms with Crippen molar-refractivity contribution >= 4 is 80.2 Å². The second-order valence-corrected chi connectivity index (χ2v) is 16.8. The van der Waals surface area contributed by atoms with Crippen molar-refractivity contribution in [3.05, 3.63) is 101 Å². The molecule has 4 bridgehead atoms. The Morgan fingerprint density at radius 1 is 0.769 bits per heavy atom. The maximum Gasteiger partial charge on any atom is 0.252 e. The average molecular weight is 780 g/mol. The van der Waals surface area contributed by atoms with Gasteiger partial charge >= 0.3 is 0 Å². The number of isocyanates is 1. The third-order valence-corrected chi connectivity index (χ3v) is 13.3. The zero-order chi connectivity index (χ0) is 37.3. The molecule has 6 N–H and O–H groups in total. The van der Waals surface area contributed by atoms with Crippen LogP contribution in [0.1, 0.15) is 89.8 Å². The number of rotatable bonds is 7. The summed E-state index contributed by atoms with van der Waals surface area (Å²) in [7, 11) is 4.25. The maximum absolute atomic E-state index is 12.6. The van der Waals surface area contributed by atoms with Crippen molar-refractivity contribution in [2.45, 2.75) is 75.5 Å². The molecule has 4 aliphatic heterocycles. The Balaban J connectivity index is 0.000000151. The van der Waals surface area contributed by atoms with Crippen LogP contribution in [0, 0.1) is 0 Å². The van der Waals surface area contributed by atoms with Gasteiger partial charge in [-0.25, -0.2) is 4.79 Å². The molecule has 4 aliphatic rings. The van der Waals surface area contributed by atoms with Crippen LogP contribution in [0.15, 0.2) is 53.5 Å². The number of nitrogen functional groups attached to an aromatic ring is 1. The van der Waals surface area contributed by atoms with Gasteiger partial charge in [0, 0.05) is 61.7 Å². The lowest BCUT2D eigenvalue weighted by Crippen LogP contribution is -2.34. The summed E-state index contributed by atoms with van der Waals surface area (Å²) in [6.45, 7) is 0. The summed E-state index contributed by atoms with van der Waals surface area (Å²) in [6.07, 6.45) is 8.55. The van der Waals surface area contributed by atoms with Gasteiger partial charge in [0.25, 0.3) is 5.91 Å². The van der Waals surface area contributed by atoms with E-state index < -0.39 is 5.91 Å². The Morgan fingerprint density at radius 2 is 1.27 bits per heavy atom. The standard InChI is InChI=1S/C20H21ClN2O2S.C11H15N3OS.C7H4ClNO/c1-23-13-6-7-15(23)18-16(9-13)26-17(19(18)20(22)25)10-14(24)8-11-2-4-12(21)5-3-11;1-14-5-2-3-6(14)8-7(4-5)16-11(13)9(8)10(12)15;8-6-1-3-7(4-2-6)9-5-10/h2-5,13,15H,6-10H2,1H3,(H2,22,25);5-6H,2-4,13H2,1H3,(H2,12,15);1-4H/t13-,15?;5-,6?;/m11./s1. The number of hydrogen-bond donors (Lipinski definition) is 3. The van der Waals surface area contributed by atoms with E-state index in [4.69, 9.17) is 40.4 Å². The molecule has 52 heavy (non-hydrogen) atoms. The van der Waals surface area contributed by atoms with Gasteiger partial charge in [-0.05, 0) is 106 Å². The summed E-state index contributed by atoms with van der Waals surface area (Å²) in [6, 6.07) is 15.7. The van der Waals surface area contributed by atoms with Gasteiger partial charge in [-0.3, -0.25) is 24.2 Å². The smallest absolute Gasteiger partial charge is 0.252 e. The molecule has 0 aliphatic carbocycles. The van der Waals surface area contributed by atoms with E-state index in [2.05, 4.69) is 28.9 Å². The predicted octanol–water partition coefficient (Wildman–Crippen LogP) is 6.97. The van der Waals surface area contributed by atoms with Crippen molar-refractivity contribution in [1.82, 2.24) is 9.80 Å². The lowest BCUT2D eigenvalue weighted by atomic mass is 9.94. The van der Waals surface area contributed by atoms with Crippen molar-refractivity contribution in [3.8, 4) is 0 Å². The van der Waals surface area contributed by atoms with Crippen LogP contribution in [0.4, 0.5) is 10.7 Å². The van der Waals surface area contributed by atoms with E-state index in [-0.39, 0.29) is 24.2 Å². The molecule has 0 saturated carbocycles. The van der Waals surface area contributed by atoms with E-state index in [1.54, 1.807) is 59.1 Å². The van der Waals surface area contributed by atoms with Crippen molar-refractivity contribution in [2.24, 2.45) is 16.5 Å². The molecular formula is C38H40Cl2N6O4S2. The summed E-state index contributed by atoms with van der Waals surface area (Å²) in [4.78, 5) is 57.5. The normalized spacial score (nSPS) is 21.1. The molecule has 6 heterocycles. The molecule has 4 atom stereocenters. The highest BCUT2D eigenvalue weighted by Gasteiger charge is 2.43. The van der Waals surface area contributed by atoms with Gasteiger partial charge in [0.2, 0.25) is 12.0 Å². The number of benzene rings is 2. The largest absolute Gasteiger partial charge is 0.390 e. The van der Waals surface area contributed by atoms with Gasteiger partial charge in [-0.2, -0.15) is 4.99 Å². The topological polar surface area (TPSA) is 165 Å². The molecule has 10 nitrogen and oxygen atoms in total. The van der Waals surface area contributed by atoms with Crippen LogP contribution < -0.4 is 17.2 Å². The van der Waals surface area contributed by atoms with Gasteiger partial charge < -0.3 is 17.2 Å². The first-order valence-electron chi connectivity index (χ1n) is 17.0. The number of nitrogens with zero attached hydrogens (tertiary/aromatic N) is 3. The Hall–Kier alpha value is -3.87. The Bertz CT molecular complexity index is 2040. The third-order valence-electron chi connectivity index (χ3n) is 10.5. The third kappa shape index (κ3) is 7.89. The molecule has 2 fully saturated rings. The van der Waals surface area contributed by atoms with Crippen molar-refractivity contribution in [3.63, 3.8) is 0 Å². The summed E-state index contributed by atoms with van der Waals surface area (Å²) < 4.78 is 0. The number of anilines is 1. The second-order valence-electron chi connectivity index (χ2n) is 13.6. The highest BCUT2D eigenvalue weighted by Crippen LogP contribution is 2.49. The molecule has 4 aromatic rings. The van der Waals surface area contributed by atoms with E-state index in [1.807, 2.05) is 12.1 Å². The lowest BCUT2D eigenvalue weighted by molar-refractivity contribution is -0.117. The number of carbonyl (C=O) groups is 3. The molecule has 0 radical (unpaired) electrons. The molecule has 0 spiro atoms. The van der Waals surface area contributed by atoms with Crippen LogP contribution in [-0.4, -0.2) is 59.7 Å². The SMILES string of the molecule is CN1C2CC[C@@H]1Cc1sc(CC(=O)Cc3ccc(Cl)cc3)c(C(N)=O)c12.CN1C2CC[C@@H]1Cc1sc(N)c(C(N)=O)c12.O=C=Nc1ccc(Cl)cc1. The van der Waals surface area contributed by atoms with Gasteiger partial charge in [0.05, 0.1) is 21.8 Å². The number of halogens is 2. The number of carbonyl (C=O) groups excluding carboxylic acids is 4. The number of amides is 2. The monoisotopic (exact) mass is 778 g/mol. The van der Waals surface area contributed by atoms with Crippen LogP contribution >= 0.6 is 45.9 Å². The van der Waals surface area contributed by atoms with Gasteiger partial charge in [-0.15, -0.1) is 22.7 Å². The van der Waals surface area contributed by atoms with E-state index in [0.29, 0.717) is 56.4 Å². The minimum atomic E-state index is -0.407. The van der Waals surface area contributed by atoms with Crippen LogP contribution in [-0.2, 0) is 35.3 Å². The number of thiophene rings is 2. The van der Waals surface area contributed by atoms with Gasteiger partial charge in [0.15, 0.2) is 0 Å². The number of aliphatic imine (C=N–C) groups is 1. The number of ketones is 1. The number of primary amides is 2. The summed E-state index contributed by atoms with van der Waals surface area (Å²) in [5.74, 6) is -0.698. The molecular weight excluding hydrogens is 739 g/mol. The first-order chi connectivity index (χ1) is 24.9. The molecule has 272 valence electrons. The summed E-state index contributed by atoms with van der Waals surface area (Å²) in [5.41, 5.74) is 21.9. The van der Waals surface area contributed by atoms with Crippen molar-refractivity contribution in [1.29, 1.82) is 0 Å². The predicted molar refractivity (Wildman–Crippen MR) is 208 cm³/mol. The molecule has 2 unspecified atom stereocenters. The van der Waals surface area contributed by atoms with Crippen molar-refractivity contribution in [2.75, 3.05) is 19.8 Å². The minimum absolute atomic E-state index is 0.0898. The van der Waals surface area contributed by atoms with E-state index >= 15 is 0 Å². The molecule has 14 heteroatoms. The molecule has 2 aromatic carbocycles. The van der Waals surface area contributed by atoms with Crippen LogP contribution in [0.3, 0.4) is 0 Å². The molecule has 2 saturated heterocycles. The Kier molecular flexibility index (Phi) is 11.7. The van der Waals surface area contributed by atoms with E-state index in [0.717, 1.165) is 53.7 Å². The number of hydrogen-bond acceptors (Lipinski definition) is 10. The fraction of sp³-hybridized carbons (Fsp3) is 0.368. The lowest BCUT2D eigenvalue weighted by Gasteiger charge is -2.31. The minimum Gasteiger partial charge on any atom is -0.390 e. The quantitative estimate of drug-likeness (QED) is 0.135. The maximum atomic E-state index is 12.6. The fourth-order valence-corrected chi connectivity index (χ4v) is 10.9. The average Bonchev–Trinajstić information content (AvgIpc) is 3.77. The summed E-state index contributed by atoms with van der Waals surface area (Å²) in [5, 5.41) is 1.88. The molecule has 2 amide bonds. The number of Topliss-reactive ketones (excluding diaryl/α,β-unsaturated/α-hetero) is 1. The van der Waals surface area contributed by atoms with Gasteiger partial charge in [-0.1, -0.05) is 35.3 Å². The second kappa shape index (κ2) is 16.0. The Labute approximate surface area is 320 Å². The van der Waals surface area contributed by atoms with Crippen molar-refractivity contribution < 1.29 is 19.2 Å². The first-order valence-corrected chi connectivity index (χ1v) is 19.4. The van der Waals surface area contributed by atoms with Crippen LogP contribution in [0.5, 0.6) is 0 Å². The first kappa shape index (κ1) is 37.9. The number of fused-ring (bicyclic) bond motifs is 8. The zero-order valence-corrected chi connectivity index (χ0v) is 32.0. The molecule has 2 aromatic heterocycles. The van der Waals surface area contributed by atoms with Gasteiger partial charge in [0.1, 0.15) is 5.78 Å². The Morgan fingerprint density at radius 3 is 1.79 bits per heavy atom. The zero-order valence-electron chi connectivity index (χ0n) is 28.9. The van der Waals surface area contributed by atoms with E-state index in [1.165, 1.54) is 22.3 Å². The highest BCUT2D eigenvalue weighted by atomic mass is 35.5. The van der Waals surface area contributed by atoms with Crippen LogP contribution in [0.2, 0.25) is 10.0 Å². The number of likely N-dealkylation sites (N-methyl/N-ethyl adjacent to an activating group) is 2. The molecule has 8 rings (SSSR count). The van der Waals surface area contributed by atoms with Crippen LogP contribution in [0.25, 0.3) is 0 Å². The number of nitrogens with two attached hydrogens (primary N) is 3. The highest BCUT2D eigenvalue weighted by molar-refractivity contribution is 7.16. The fourth-order valence-electron chi connectivity index (χ4n) is 7.99. The van der Waals surface area contributed by atoms with E-state index in [9.17, 15) is 19.2 Å².